The number of piperidine rings is 1. The molecule has 1 aliphatic rings. The molecule has 1 aliphatic heterocycles. The van der Waals surface area contributed by atoms with Gasteiger partial charge >= 0.3 is 5.97 Å². The maximum absolute atomic E-state index is 11.1. The largest absolute Gasteiger partial charge is 0.478 e. The minimum atomic E-state index is -0.898. The van der Waals surface area contributed by atoms with Gasteiger partial charge < -0.3 is 9.84 Å². The first-order chi connectivity index (χ1) is 11.7. The molecule has 0 spiro atoms. The number of nitrogens with zero attached hydrogens (tertiary/aromatic N) is 3. The quantitative estimate of drug-likeness (QED) is 0.845. The Bertz CT molecular complexity index is 701. The van der Waals surface area contributed by atoms with E-state index in [-0.39, 0.29) is 6.04 Å². The van der Waals surface area contributed by atoms with Gasteiger partial charge in [0.2, 0.25) is 0 Å². The maximum atomic E-state index is 11.1. The Morgan fingerprint density at radius 1 is 1.46 bits per heavy atom. The molecule has 0 amide bonds. The summed E-state index contributed by atoms with van der Waals surface area (Å²) in [6, 6.07) is 7.26. The standard InChI is InChI=1S/C17H22N4O3/c1-24-11-15-18-16(20-19-15)14-7-2-3-8-21(14)10-12-5-4-6-13(9-12)17(22)23/h4-6,9,14H,2-3,7-8,10-11H2,1H3,(H,22,23)(H,18,19,20). The molecule has 1 saturated heterocycles. The van der Waals surface area contributed by atoms with E-state index in [4.69, 9.17) is 9.84 Å². The van der Waals surface area contributed by atoms with Crippen molar-refractivity contribution < 1.29 is 14.6 Å². The van der Waals surface area contributed by atoms with Crippen molar-refractivity contribution in [3.05, 3.63) is 47.0 Å². The molecular formula is C17H22N4O3. The molecule has 0 bridgehead atoms. The van der Waals surface area contributed by atoms with Gasteiger partial charge in [-0.3, -0.25) is 10.00 Å². The van der Waals surface area contributed by atoms with E-state index in [1.165, 1.54) is 0 Å². The lowest BCUT2D eigenvalue weighted by Gasteiger charge is -2.34. The average molecular weight is 330 g/mol. The normalized spacial score (nSPS) is 18.6. The summed E-state index contributed by atoms with van der Waals surface area (Å²) in [6.07, 6.45) is 3.28. The summed E-state index contributed by atoms with van der Waals surface area (Å²) >= 11 is 0. The second-order valence-electron chi connectivity index (χ2n) is 6.06. The Morgan fingerprint density at radius 2 is 2.33 bits per heavy atom. The molecule has 1 aromatic carbocycles. The van der Waals surface area contributed by atoms with Crippen LogP contribution in [0.3, 0.4) is 0 Å². The summed E-state index contributed by atoms with van der Waals surface area (Å²) in [7, 11) is 1.63. The highest BCUT2D eigenvalue weighted by Crippen LogP contribution is 2.30. The van der Waals surface area contributed by atoms with Crippen molar-refractivity contribution in [1.82, 2.24) is 20.1 Å². The van der Waals surface area contributed by atoms with E-state index in [1.807, 2.05) is 6.07 Å². The van der Waals surface area contributed by atoms with E-state index in [2.05, 4.69) is 20.1 Å². The monoisotopic (exact) mass is 330 g/mol. The summed E-state index contributed by atoms with van der Waals surface area (Å²) in [5.41, 5.74) is 1.32. The van der Waals surface area contributed by atoms with Crippen LogP contribution in [0.4, 0.5) is 0 Å². The molecule has 1 fully saturated rings. The van der Waals surface area contributed by atoms with Crippen LogP contribution in [0.2, 0.25) is 0 Å². The number of ether oxygens (including phenoxy) is 1. The van der Waals surface area contributed by atoms with Gasteiger partial charge in [-0.2, -0.15) is 5.10 Å². The molecule has 0 radical (unpaired) electrons. The molecule has 0 aliphatic carbocycles. The molecule has 7 nitrogen and oxygen atoms in total. The molecule has 24 heavy (non-hydrogen) atoms. The molecule has 2 N–H and O–H groups in total. The van der Waals surface area contributed by atoms with Crippen LogP contribution >= 0.6 is 0 Å². The Kier molecular flexibility index (Phi) is 5.22. The number of hydrogen-bond donors (Lipinski definition) is 2. The predicted octanol–water partition coefficient (Wildman–Crippen LogP) is 2.38. The van der Waals surface area contributed by atoms with Crippen molar-refractivity contribution in [1.29, 1.82) is 0 Å². The lowest BCUT2D eigenvalue weighted by atomic mass is 10.00. The van der Waals surface area contributed by atoms with Gasteiger partial charge in [0.05, 0.1) is 11.6 Å². The fraction of sp³-hybridized carbons (Fsp3) is 0.471. The number of hydrogen-bond acceptors (Lipinski definition) is 5. The zero-order chi connectivity index (χ0) is 16.9. The van der Waals surface area contributed by atoms with Gasteiger partial charge in [0.1, 0.15) is 6.61 Å². The van der Waals surface area contributed by atoms with E-state index < -0.39 is 5.97 Å². The summed E-state index contributed by atoms with van der Waals surface area (Å²) in [6.45, 7) is 2.07. The van der Waals surface area contributed by atoms with Crippen molar-refractivity contribution in [2.24, 2.45) is 0 Å². The molecule has 128 valence electrons. The average Bonchev–Trinajstić information content (AvgIpc) is 3.04. The topological polar surface area (TPSA) is 91.3 Å². The summed E-state index contributed by atoms with van der Waals surface area (Å²) in [5.74, 6) is 0.618. The highest BCUT2D eigenvalue weighted by atomic mass is 16.5. The molecular weight excluding hydrogens is 308 g/mol. The lowest BCUT2D eigenvalue weighted by molar-refractivity contribution is 0.0696. The number of likely N-dealkylation sites (tertiary alicyclic amines) is 1. The smallest absolute Gasteiger partial charge is 0.335 e. The number of aromatic amines is 1. The third kappa shape index (κ3) is 3.80. The minimum absolute atomic E-state index is 0.147. The van der Waals surface area contributed by atoms with Crippen LogP contribution < -0.4 is 0 Å². The van der Waals surface area contributed by atoms with Crippen LogP contribution in [0, 0.1) is 0 Å². The van der Waals surface area contributed by atoms with Crippen LogP contribution in [-0.2, 0) is 17.9 Å². The van der Waals surface area contributed by atoms with Crippen molar-refractivity contribution >= 4 is 5.97 Å². The van der Waals surface area contributed by atoms with Crippen molar-refractivity contribution in [3.8, 4) is 0 Å². The van der Waals surface area contributed by atoms with Gasteiger partial charge in [0, 0.05) is 13.7 Å². The number of carbonyl (C=O) groups is 1. The van der Waals surface area contributed by atoms with E-state index in [0.29, 0.717) is 18.7 Å². The Hall–Kier alpha value is -2.25. The van der Waals surface area contributed by atoms with Gasteiger partial charge in [-0.1, -0.05) is 18.6 Å². The molecule has 1 atom stereocenters. The number of rotatable bonds is 6. The zero-order valence-corrected chi connectivity index (χ0v) is 13.7. The molecule has 1 aromatic heterocycles. The molecule has 2 heterocycles. The molecule has 2 aromatic rings. The van der Waals surface area contributed by atoms with Crippen LogP contribution in [0.25, 0.3) is 0 Å². The second-order valence-corrected chi connectivity index (χ2v) is 6.06. The fourth-order valence-electron chi connectivity index (χ4n) is 3.17. The van der Waals surface area contributed by atoms with Gasteiger partial charge in [-0.05, 0) is 37.1 Å². The van der Waals surface area contributed by atoms with Crippen molar-refractivity contribution in [2.45, 2.75) is 38.5 Å². The molecule has 1 unspecified atom stereocenters. The Morgan fingerprint density at radius 3 is 3.12 bits per heavy atom. The van der Waals surface area contributed by atoms with E-state index in [1.54, 1.807) is 25.3 Å². The maximum Gasteiger partial charge on any atom is 0.335 e. The number of nitrogens with one attached hydrogen (secondary N) is 1. The van der Waals surface area contributed by atoms with Crippen molar-refractivity contribution in [2.75, 3.05) is 13.7 Å². The van der Waals surface area contributed by atoms with E-state index in [9.17, 15) is 4.79 Å². The van der Waals surface area contributed by atoms with Crippen LogP contribution in [0.15, 0.2) is 24.3 Å². The van der Waals surface area contributed by atoms with Crippen LogP contribution in [0.5, 0.6) is 0 Å². The van der Waals surface area contributed by atoms with Crippen molar-refractivity contribution in [3.63, 3.8) is 0 Å². The first kappa shape index (κ1) is 16.6. The lowest BCUT2D eigenvalue weighted by Crippen LogP contribution is -2.33. The first-order valence-corrected chi connectivity index (χ1v) is 8.14. The number of carboxylic acid groups (broad SMARTS) is 1. The summed E-state index contributed by atoms with van der Waals surface area (Å²) in [5, 5.41) is 16.4. The first-order valence-electron chi connectivity index (χ1n) is 8.14. The number of aromatic carboxylic acids is 1. The minimum Gasteiger partial charge on any atom is -0.478 e. The van der Waals surface area contributed by atoms with E-state index in [0.717, 1.165) is 43.0 Å². The SMILES string of the molecule is COCc1nc(C2CCCCN2Cc2cccc(C(=O)O)c2)n[nH]1. The Balaban J connectivity index is 1.76. The van der Waals surface area contributed by atoms with E-state index >= 15 is 0 Å². The van der Waals surface area contributed by atoms with Gasteiger partial charge in [-0.25, -0.2) is 9.78 Å². The molecule has 7 heteroatoms. The molecule has 3 rings (SSSR count). The second kappa shape index (κ2) is 7.55. The number of carboxylic acids is 1. The number of H-pyrrole nitrogens is 1. The van der Waals surface area contributed by atoms with Gasteiger partial charge in [-0.15, -0.1) is 0 Å². The fourth-order valence-corrected chi connectivity index (χ4v) is 3.17. The van der Waals surface area contributed by atoms with Gasteiger partial charge in [0.15, 0.2) is 11.6 Å². The summed E-state index contributed by atoms with van der Waals surface area (Å²) < 4.78 is 5.08. The highest BCUT2D eigenvalue weighted by molar-refractivity contribution is 5.87. The third-order valence-corrected chi connectivity index (χ3v) is 4.30. The molecule has 0 saturated carbocycles. The highest BCUT2D eigenvalue weighted by Gasteiger charge is 2.27. The number of aromatic nitrogens is 3. The Labute approximate surface area is 140 Å². The van der Waals surface area contributed by atoms with Crippen LogP contribution in [0.1, 0.15) is 52.9 Å². The third-order valence-electron chi connectivity index (χ3n) is 4.30. The zero-order valence-electron chi connectivity index (χ0n) is 13.7. The van der Waals surface area contributed by atoms with Crippen LogP contribution in [-0.4, -0.2) is 44.8 Å². The summed E-state index contributed by atoms with van der Waals surface area (Å²) in [4.78, 5) is 18.0. The van der Waals surface area contributed by atoms with Gasteiger partial charge in [0.25, 0.3) is 0 Å². The number of methoxy groups -OCH3 is 1. The number of benzene rings is 1. The predicted molar refractivity (Wildman–Crippen MR) is 87.5 cm³/mol.